The maximum Gasteiger partial charge on any atom is 0.266 e. The van der Waals surface area contributed by atoms with Gasteiger partial charge in [-0.05, 0) is 6.92 Å². The second kappa shape index (κ2) is 4.48. The molecule has 0 aliphatic carbocycles. The molecule has 66 valence electrons. The monoisotopic (exact) mass is 179 g/mol. The van der Waals surface area contributed by atoms with E-state index in [1.165, 1.54) is 0 Å². The SMILES string of the molecule is C=CCNC(C)CS(=O)(=O)O. The van der Waals surface area contributed by atoms with Crippen LogP contribution in [0.4, 0.5) is 0 Å². The van der Waals surface area contributed by atoms with Crippen molar-refractivity contribution in [1.82, 2.24) is 5.32 Å². The van der Waals surface area contributed by atoms with Gasteiger partial charge in [-0.1, -0.05) is 6.08 Å². The van der Waals surface area contributed by atoms with Crippen molar-refractivity contribution in [3.63, 3.8) is 0 Å². The van der Waals surface area contributed by atoms with Crippen LogP contribution >= 0.6 is 0 Å². The Balaban J connectivity index is 3.69. The number of nitrogens with one attached hydrogen (secondary N) is 1. The van der Waals surface area contributed by atoms with E-state index in [4.69, 9.17) is 4.55 Å². The summed E-state index contributed by atoms with van der Waals surface area (Å²) in [7, 11) is -3.85. The van der Waals surface area contributed by atoms with Crippen molar-refractivity contribution >= 4 is 10.1 Å². The Bertz CT molecular complexity index is 210. The van der Waals surface area contributed by atoms with Gasteiger partial charge in [0.2, 0.25) is 0 Å². The van der Waals surface area contributed by atoms with Crippen molar-refractivity contribution in [1.29, 1.82) is 0 Å². The maximum atomic E-state index is 10.3. The molecule has 0 saturated heterocycles. The van der Waals surface area contributed by atoms with Crippen LogP contribution in [-0.2, 0) is 10.1 Å². The van der Waals surface area contributed by atoms with Gasteiger partial charge in [0.1, 0.15) is 0 Å². The molecule has 4 nitrogen and oxygen atoms in total. The predicted octanol–water partition coefficient (Wildman–Crippen LogP) is 0.0383. The summed E-state index contributed by atoms with van der Waals surface area (Å²) in [6.45, 7) is 5.67. The van der Waals surface area contributed by atoms with E-state index in [0.29, 0.717) is 6.54 Å². The molecule has 1 unspecified atom stereocenters. The normalized spacial score (nSPS) is 14.4. The Morgan fingerprint density at radius 3 is 2.64 bits per heavy atom. The molecule has 0 fully saturated rings. The molecule has 0 aromatic rings. The van der Waals surface area contributed by atoms with Crippen LogP contribution in [0.15, 0.2) is 12.7 Å². The fourth-order valence-electron chi connectivity index (χ4n) is 0.659. The lowest BCUT2D eigenvalue weighted by molar-refractivity contribution is 0.472. The zero-order valence-corrected chi connectivity index (χ0v) is 7.26. The van der Waals surface area contributed by atoms with Crippen LogP contribution in [0.2, 0.25) is 0 Å². The maximum absolute atomic E-state index is 10.3. The first-order valence-corrected chi connectivity index (χ1v) is 4.86. The minimum atomic E-state index is -3.85. The van der Waals surface area contributed by atoms with Crippen molar-refractivity contribution in [2.45, 2.75) is 13.0 Å². The lowest BCUT2D eigenvalue weighted by Gasteiger charge is -2.08. The van der Waals surface area contributed by atoms with E-state index in [1.807, 2.05) is 0 Å². The van der Waals surface area contributed by atoms with E-state index in [-0.39, 0.29) is 11.8 Å². The van der Waals surface area contributed by atoms with Crippen molar-refractivity contribution in [2.75, 3.05) is 12.3 Å². The van der Waals surface area contributed by atoms with Gasteiger partial charge in [-0.15, -0.1) is 6.58 Å². The summed E-state index contributed by atoms with van der Waals surface area (Å²) >= 11 is 0. The largest absolute Gasteiger partial charge is 0.310 e. The number of hydrogen-bond donors (Lipinski definition) is 2. The van der Waals surface area contributed by atoms with Gasteiger partial charge in [0.15, 0.2) is 0 Å². The molecular formula is C6H13NO3S. The first-order chi connectivity index (χ1) is 4.95. The quantitative estimate of drug-likeness (QED) is 0.462. The highest BCUT2D eigenvalue weighted by Gasteiger charge is 2.10. The van der Waals surface area contributed by atoms with Gasteiger partial charge >= 0.3 is 0 Å². The molecule has 0 aromatic heterocycles. The van der Waals surface area contributed by atoms with E-state index in [1.54, 1.807) is 13.0 Å². The molecule has 1 atom stereocenters. The molecule has 5 heteroatoms. The van der Waals surface area contributed by atoms with Gasteiger partial charge in [0.25, 0.3) is 10.1 Å². The molecule has 11 heavy (non-hydrogen) atoms. The molecule has 0 aromatic carbocycles. The molecule has 0 aliphatic rings. The molecule has 0 heterocycles. The van der Waals surface area contributed by atoms with E-state index < -0.39 is 10.1 Å². The smallest absolute Gasteiger partial charge is 0.266 e. The lowest BCUT2D eigenvalue weighted by atomic mass is 10.4. The first kappa shape index (κ1) is 10.6. The minimum absolute atomic E-state index is 0.247. The number of hydrogen-bond acceptors (Lipinski definition) is 3. The van der Waals surface area contributed by atoms with Crippen LogP contribution in [0.25, 0.3) is 0 Å². The Labute approximate surface area is 67.1 Å². The zero-order valence-electron chi connectivity index (χ0n) is 6.45. The fraction of sp³-hybridized carbons (Fsp3) is 0.667. The van der Waals surface area contributed by atoms with Gasteiger partial charge in [-0.3, -0.25) is 4.55 Å². The van der Waals surface area contributed by atoms with Gasteiger partial charge in [0, 0.05) is 12.6 Å². The molecule has 0 spiro atoms. The van der Waals surface area contributed by atoms with Crippen molar-refractivity contribution in [3.8, 4) is 0 Å². The van der Waals surface area contributed by atoms with Gasteiger partial charge in [-0.25, -0.2) is 0 Å². The Hall–Kier alpha value is -0.390. The zero-order chi connectivity index (χ0) is 8.91. The summed E-state index contributed by atoms with van der Waals surface area (Å²) in [5.74, 6) is -0.263. The highest BCUT2D eigenvalue weighted by Crippen LogP contribution is 1.88. The van der Waals surface area contributed by atoms with Crippen molar-refractivity contribution < 1.29 is 13.0 Å². The second-order valence-corrected chi connectivity index (χ2v) is 3.84. The molecule has 0 rings (SSSR count). The molecule has 0 radical (unpaired) electrons. The third-order valence-electron chi connectivity index (χ3n) is 1.07. The first-order valence-electron chi connectivity index (χ1n) is 3.25. The Morgan fingerprint density at radius 2 is 2.27 bits per heavy atom. The summed E-state index contributed by atoms with van der Waals surface area (Å²) in [6, 6.07) is -0.247. The van der Waals surface area contributed by atoms with E-state index in [2.05, 4.69) is 11.9 Å². The third-order valence-corrected chi connectivity index (χ3v) is 1.99. The summed E-state index contributed by atoms with van der Waals surface area (Å²) in [5, 5.41) is 2.83. The van der Waals surface area contributed by atoms with E-state index >= 15 is 0 Å². The van der Waals surface area contributed by atoms with Crippen LogP contribution in [0.5, 0.6) is 0 Å². The van der Waals surface area contributed by atoms with E-state index in [9.17, 15) is 8.42 Å². The Morgan fingerprint density at radius 1 is 1.73 bits per heavy atom. The number of rotatable bonds is 5. The molecule has 0 amide bonds. The minimum Gasteiger partial charge on any atom is -0.310 e. The van der Waals surface area contributed by atoms with Crippen LogP contribution in [0.1, 0.15) is 6.92 Å². The average molecular weight is 179 g/mol. The summed E-state index contributed by atoms with van der Waals surface area (Å²) < 4.78 is 29.0. The lowest BCUT2D eigenvalue weighted by Crippen LogP contribution is -2.32. The van der Waals surface area contributed by atoms with Crippen LogP contribution in [0.3, 0.4) is 0 Å². The second-order valence-electron chi connectivity index (χ2n) is 2.35. The third kappa shape index (κ3) is 7.51. The molecular weight excluding hydrogens is 166 g/mol. The van der Waals surface area contributed by atoms with Crippen molar-refractivity contribution in [2.24, 2.45) is 0 Å². The van der Waals surface area contributed by atoms with Crippen LogP contribution in [-0.4, -0.2) is 31.3 Å². The van der Waals surface area contributed by atoms with Crippen LogP contribution < -0.4 is 5.32 Å². The molecule has 0 bridgehead atoms. The molecule has 2 N–H and O–H groups in total. The standard InChI is InChI=1S/C6H13NO3S/c1-3-4-7-6(2)5-11(8,9)10/h3,6-7H,1,4-5H2,2H3,(H,8,9,10). The summed E-state index contributed by atoms with van der Waals surface area (Å²) in [6.07, 6.45) is 1.63. The predicted molar refractivity (Wildman–Crippen MR) is 44.1 cm³/mol. The van der Waals surface area contributed by atoms with Gasteiger partial charge in [0.05, 0.1) is 5.75 Å². The molecule has 0 saturated carbocycles. The Kier molecular flexibility index (Phi) is 4.32. The van der Waals surface area contributed by atoms with Crippen molar-refractivity contribution in [3.05, 3.63) is 12.7 Å². The topological polar surface area (TPSA) is 66.4 Å². The summed E-state index contributed by atoms with van der Waals surface area (Å²) in [5.41, 5.74) is 0. The highest BCUT2D eigenvalue weighted by atomic mass is 32.2. The molecule has 0 aliphatic heterocycles. The average Bonchev–Trinajstić information content (AvgIpc) is 1.79. The van der Waals surface area contributed by atoms with Gasteiger partial charge in [-0.2, -0.15) is 8.42 Å². The van der Waals surface area contributed by atoms with Gasteiger partial charge < -0.3 is 5.32 Å². The summed E-state index contributed by atoms with van der Waals surface area (Å²) in [4.78, 5) is 0. The fourth-order valence-corrected chi connectivity index (χ4v) is 1.41. The van der Waals surface area contributed by atoms with Crippen LogP contribution in [0, 0.1) is 0 Å². The van der Waals surface area contributed by atoms with E-state index in [0.717, 1.165) is 0 Å². The highest BCUT2D eigenvalue weighted by molar-refractivity contribution is 7.85.